The second kappa shape index (κ2) is 9.02. The van der Waals surface area contributed by atoms with Gasteiger partial charge in [0.15, 0.2) is 10.7 Å². The number of benzene rings is 3. The average molecular weight is 652 g/mol. The van der Waals surface area contributed by atoms with Gasteiger partial charge >= 0.3 is 0 Å². The first-order valence-electron chi connectivity index (χ1n) is 10.1. The van der Waals surface area contributed by atoms with Crippen molar-refractivity contribution in [2.45, 2.75) is 20.5 Å². The molecule has 0 spiro atoms. The highest BCUT2D eigenvalue weighted by Gasteiger charge is 2.14. The van der Waals surface area contributed by atoms with Crippen LogP contribution in [0.1, 0.15) is 22.3 Å². The molecule has 2 heterocycles. The first-order valence-corrected chi connectivity index (χ1v) is 13.2. The van der Waals surface area contributed by atoms with Crippen LogP contribution in [0.5, 0.6) is 5.75 Å². The molecule has 33 heavy (non-hydrogen) atoms. The number of hydrogen-bond acceptors (Lipinski definition) is 4. The Kier molecular flexibility index (Phi) is 6.24. The minimum absolute atomic E-state index is 0.0768. The minimum atomic E-state index is -0.0768. The van der Waals surface area contributed by atoms with Gasteiger partial charge in [0.25, 0.3) is 5.56 Å². The molecule has 0 aliphatic rings. The molecule has 0 saturated carbocycles. The molecule has 0 saturated heterocycles. The third kappa shape index (κ3) is 4.43. The zero-order valence-corrected chi connectivity index (χ0v) is 23.0. The molecular weight excluding hydrogens is 635 g/mol. The van der Waals surface area contributed by atoms with Crippen LogP contribution in [0.15, 0.2) is 57.8 Å². The predicted octanol–water partition coefficient (Wildman–Crippen LogP) is 6.67. The highest BCUT2D eigenvalue weighted by atomic mass is 127. The third-order valence-electron chi connectivity index (χ3n) is 5.47. The maximum absolute atomic E-state index is 13.2. The number of nitrogens with zero attached hydrogens (tertiary/aromatic N) is 2. The summed E-state index contributed by atoms with van der Waals surface area (Å²) >= 11 is 13.7. The van der Waals surface area contributed by atoms with E-state index in [1.165, 1.54) is 14.9 Å². The quantitative estimate of drug-likeness (QED) is 0.204. The van der Waals surface area contributed by atoms with Crippen molar-refractivity contribution in [2.24, 2.45) is 0 Å². The molecular formula is C25H17BrClIN2O2S. The van der Waals surface area contributed by atoms with Gasteiger partial charge < -0.3 is 4.74 Å². The molecule has 0 aliphatic carbocycles. The van der Waals surface area contributed by atoms with Crippen LogP contribution in [0, 0.1) is 17.4 Å². The van der Waals surface area contributed by atoms with E-state index in [1.807, 2.05) is 61.5 Å². The van der Waals surface area contributed by atoms with Crippen molar-refractivity contribution in [1.29, 1.82) is 0 Å². The lowest BCUT2D eigenvalue weighted by molar-refractivity contribution is 0.304. The van der Waals surface area contributed by atoms with E-state index in [4.69, 9.17) is 16.3 Å². The topological polar surface area (TPSA) is 43.6 Å². The Hall–Kier alpha value is -1.94. The van der Waals surface area contributed by atoms with Crippen LogP contribution < -0.4 is 14.8 Å². The Labute approximate surface area is 221 Å². The number of hydrogen-bond donors (Lipinski definition) is 0. The van der Waals surface area contributed by atoms with Crippen LogP contribution in [-0.4, -0.2) is 9.38 Å². The smallest absolute Gasteiger partial charge is 0.274 e. The largest absolute Gasteiger partial charge is 0.486 e. The van der Waals surface area contributed by atoms with Gasteiger partial charge in [0.05, 0.1) is 25.1 Å². The Bertz CT molecular complexity index is 1620. The van der Waals surface area contributed by atoms with Crippen LogP contribution in [0.2, 0.25) is 5.02 Å². The fraction of sp³-hybridized carbons (Fsp3) is 0.120. The summed E-state index contributed by atoms with van der Waals surface area (Å²) in [6.45, 7) is 4.51. The lowest BCUT2D eigenvalue weighted by Gasteiger charge is -2.11. The number of aryl methyl sites for hydroxylation is 2. The molecule has 0 radical (unpaired) electrons. The fourth-order valence-corrected chi connectivity index (χ4v) is 5.94. The van der Waals surface area contributed by atoms with E-state index in [-0.39, 0.29) is 5.56 Å². The standard InChI is InChI=1S/C25H17BrClIN2O2S/c1-13-7-20-21(8-14(13)2)30-24(31)22(33-25(30)29-20)11-16-9-18(26)23(19(27)10-16)32-12-15-3-5-17(28)6-4-15/h3-11H,12H2,1-2H3/b22-11-. The zero-order valence-electron chi connectivity index (χ0n) is 17.7. The number of ether oxygens (including phenoxy) is 1. The first-order chi connectivity index (χ1) is 15.8. The van der Waals surface area contributed by atoms with Gasteiger partial charge in [-0.1, -0.05) is 35.1 Å². The van der Waals surface area contributed by atoms with Crippen molar-refractivity contribution in [3.05, 3.63) is 98.7 Å². The summed E-state index contributed by atoms with van der Waals surface area (Å²) in [7, 11) is 0. The van der Waals surface area contributed by atoms with Gasteiger partial charge in [-0.25, -0.2) is 9.38 Å². The Morgan fingerprint density at radius 2 is 1.88 bits per heavy atom. The highest BCUT2D eigenvalue weighted by molar-refractivity contribution is 14.1. The fourth-order valence-electron chi connectivity index (χ4n) is 3.61. The summed E-state index contributed by atoms with van der Waals surface area (Å²) in [4.78, 5) is 18.5. The highest BCUT2D eigenvalue weighted by Crippen LogP contribution is 2.35. The van der Waals surface area contributed by atoms with Gasteiger partial charge in [0, 0.05) is 3.57 Å². The lowest BCUT2D eigenvalue weighted by Crippen LogP contribution is -2.22. The summed E-state index contributed by atoms with van der Waals surface area (Å²) < 4.78 is 10.2. The normalized spacial score (nSPS) is 12.2. The molecule has 8 heteroatoms. The molecule has 0 aliphatic heterocycles. The van der Waals surface area contributed by atoms with E-state index in [0.717, 1.165) is 37.8 Å². The number of aromatic nitrogens is 2. The average Bonchev–Trinajstić information content (AvgIpc) is 3.25. The summed E-state index contributed by atoms with van der Waals surface area (Å²) in [6, 6.07) is 15.9. The summed E-state index contributed by atoms with van der Waals surface area (Å²) in [5, 5.41) is 0.478. The molecule has 5 rings (SSSR count). The Balaban J connectivity index is 1.50. The van der Waals surface area contributed by atoms with E-state index in [0.29, 0.717) is 26.9 Å². The van der Waals surface area contributed by atoms with E-state index < -0.39 is 0 Å². The molecule has 0 amide bonds. The number of fused-ring (bicyclic) bond motifs is 3. The van der Waals surface area contributed by atoms with Crippen molar-refractivity contribution in [3.63, 3.8) is 0 Å². The molecule has 0 atom stereocenters. The van der Waals surface area contributed by atoms with Crippen LogP contribution in [0.25, 0.3) is 22.1 Å². The third-order valence-corrected chi connectivity index (χ3v) is 8.03. The van der Waals surface area contributed by atoms with Crippen molar-refractivity contribution >= 4 is 83.5 Å². The van der Waals surface area contributed by atoms with Crippen LogP contribution in [0.4, 0.5) is 0 Å². The van der Waals surface area contributed by atoms with Crippen molar-refractivity contribution in [3.8, 4) is 5.75 Å². The second-order valence-corrected chi connectivity index (χ2v) is 11.3. The maximum atomic E-state index is 13.2. The Morgan fingerprint density at radius 1 is 1.15 bits per heavy atom. The van der Waals surface area contributed by atoms with Gasteiger partial charge in [-0.3, -0.25) is 4.79 Å². The lowest BCUT2D eigenvalue weighted by atomic mass is 10.1. The summed E-state index contributed by atoms with van der Waals surface area (Å²) in [5.74, 6) is 0.576. The van der Waals surface area contributed by atoms with Crippen LogP contribution in [0.3, 0.4) is 0 Å². The molecule has 0 unspecified atom stereocenters. The van der Waals surface area contributed by atoms with E-state index in [1.54, 1.807) is 4.40 Å². The Morgan fingerprint density at radius 3 is 2.61 bits per heavy atom. The van der Waals surface area contributed by atoms with E-state index in [2.05, 4.69) is 50.4 Å². The molecule has 5 aromatic rings. The molecule has 166 valence electrons. The number of halogens is 3. The van der Waals surface area contributed by atoms with Crippen molar-refractivity contribution in [2.75, 3.05) is 0 Å². The minimum Gasteiger partial charge on any atom is -0.486 e. The van der Waals surface area contributed by atoms with E-state index >= 15 is 0 Å². The van der Waals surface area contributed by atoms with Crippen LogP contribution in [-0.2, 0) is 6.61 Å². The molecule has 3 aromatic carbocycles. The number of imidazole rings is 1. The molecule has 0 N–H and O–H groups in total. The second-order valence-electron chi connectivity index (χ2n) is 7.80. The maximum Gasteiger partial charge on any atom is 0.274 e. The predicted molar refractivity (Wildman–Crippen MR) is 148 cm³/mol. The molecule has 4 nitrogen and oxygen atoms in total. The summed E-state index contributed by atoms with van der Waals surface area (Å²) in [6.07, 6.45) is 1.84. The van der Waals surface area contributed by atoms with Gasteiger partial charge in [0.1, 0.15) is 6.61 Å². The van der Waals surface area contributed by atoms with Crippen molar-refractivity contribution in [1.82, 2.24) is 9.38 Å². The molecule has 0 fully saturated rings. The first kappa shape index (κ1) is 22.8. The number of rotatable bonds is 4. The van der Waals surface area contributed by atoms with Crippen molar-refractivity contribution < 1.29 is 4.74 Å². The van der Waals surface area contributed by atoms with Gasteiger partial charge in [-0.15, -0.1) is 0 Å². The zero-order chi connectivity index (χ0) is 23.3. The van der Waals surface area contributed by atoms with Gasteiger partial charge in [-0.05, 0) is 117 Å². The molecule has 0 bridgehead atoms. The SMILES string of the molecule is Cc1cc2nc3s/c(=C\c4cc(Cl)c(OCc5ccc(I)cc5)c(Br)c4)c(=O)n3c2cc1C. The van der Waals surface area contributed by atoms with Gasteiger partial charge in [0.2, 0.25) is 0 Å². The molecule has 2 aromatic heterocycles. The number of thiazole rings is 1. The monoisotopic (exact) mass is 650 g/mol. The summed E-state index contributed by atoms with van der Waals surface area (Å²) in [5.41, 5.74) is 5.78. The van der Waals surface area contributed by atoms with E-state index in [9.17, 15) is 4.79 Å². The van der Waals surface area contributed by atoms with Gasteiger partial charge in [-0.2, -0.15) is 0 Å². The van der Waals surface area contributed by atoms with Crippen LogP contribution >= 0.6 is 61.5 Å².